The van der Waals surface area contributed by atoms with Crippen molar-refractivity contribution >= 4 is 5.91 Å². The minimum Gasteiger partial charge on any atom is -0.393 e. The van der Waals surface area contributed by atoms with Crippen LogP contribution in [0.5, 0.6) is 0 Å². The largest absolute Gasteiger partial charge is 0.393 e. The molecule has 4 unspecified atom stereocenters. The van der Waals surface area contributed by atoms with E-state index in [0.717, 1.165) is 45.4 Å². The van der Waals surface area contributed by atoms with Crippen molar-refractivity contribution in [3.8, 4) is 0 Å². The molecule has 0 spiro atoms. The van der Waals surface area contributed by atoms with E-state index in [1.165, 1.54) is 0 Å². The van der Waals surface area contributed by atoms with Crippen LogP contribution in [0.25, 0.3) is 0 Å². The molecule has 2 N–H and O–H groups in total. The first-order valence-electron chi connectivity index (χ1n) is 6.43. The van der Waals surface area contributed by atoms with E-state index in [4.69, 9.17) is 0 Å². The number of carbonyl (C=O) groups excluding carboxylic acids is 1. The van der Waals surface area contributed by atoms with Crippen LogP contribution in [0.2, 0.25) is 0 Å². The fraction of sp³-hybridized carbons (Fsp3) is 0.917. The summed E-state index contributed by atoms with van der Waals surface area (Å²) in [6.45, 7) is 3.49. The molecule has 3 rings (SSSR count). The molecule has 1 saturated carbocycles. The first kappa shape index (κ1) is 10.5. The number of aliphatic hydroxyl groups excluding tert-OH is 1. The number of aliphatic hydroxyl groups is 1. The lowest BCUT2D eigenvalue weighted by molar-refractivity contribution is -0.134. The standard InChI is InChI=1S/C12H20N2O2/c15-11-2-1-9-6-14(7-10(9)11)12(16)8-3-4-13-5-8/h8-11,13,15H,1-7H2. The zero-order valence-corrected chi connectivity index (χ0v) is 9.56. The summed E-state index contributed by atoms with van der Waals surface area (Å²) in [5.41, 5.74) is 0. The van der Waals surface area contributed by atoms with Gasteiger partial charge in [-0.1, -0.05) is 0 Å². The molecular formula is C12H20N2O2. The van der Waals surface area contributed by atoms with E-state index in [0.29, 0.717) is 17.7 Å². The van der Waals surface area contributed by atoms with E-state index in [2.05, 4.69) is 5.32 Å². The maximum Gasteiger partial charge on any atom is 0.227 e. The van der Waals surface area contributed by atoms with Gasteiger partial charge in [0.15, 0.2) is 0 Å². The Bertz CT molecular complexity index is 289. The zero-order valence-electron chi connectivity index (χ0n) is 9.56. The lowest BCUT2D eigenvalue weighted by Crippen LogP contribution is -2.36. The Hall–Kier alpha value is -0.610. The molecule has 3 fully saturated rings. The molecular weight excluding hydrogens is 204 g/mol. The second kappa shape index (κ2) is 4.00. The van der Waals surface area contributed by atoms with Gasteiger partial charge in [-0.25, -0.2) is 0 Å². The second-order valence-electron chi connectivity index (χ2n) is 5.50. The number of nitrogens with one attached hydrogen (secondary N) is 1. The summed E-state index contributed by atoms with van der Waals surface area (Å²) in [5, 5.41) is 13.1. The summed E-state index contributed by atoms with van der Waals surface area (Å²) < 4.78 is 0. The first-order valence-corrected chi connectivity index (χ1v) is 6.43. The number of hydrogen-bond acceptors (Lipinski definition) is 3. The van der Waals surface area contributed by atoms with Crippen molar-refractivity contribution in [2.45, 2.75) is 25.4 Å². The van der Waals surface area contributed by atoms with Gasteiger partial charge in [-0.3, -0.25) is 4.79 Å². The van der Waals surface area contributed by atoms with Crippen LogP contribution in [-0.4, -0.2) is 48.2 Å². The van der Waals surface area contributed by atoms with Crippen molar-refractivity contribution in [3.05, 3.63) is 0 Å². The molecule has 4 heteroatoms. The number of rotatable bonds is 1. The molecule has 0 aromatic heterocycles. The minimum absolute atomic E-state index is 0.162. The van der Waals surface area contributed by atoms with Crippen LogP contribution in [0.1, 0.15) is 19.3 Å². The Morgan fingerprint density at radius 2 is 2.12 bits per heavy atom. The summed E-state index contributed by atoms with van der Waals surface area (Å²) >= 11 is 0. The minimum atomic E-state index is -0.162. The molecule has 90 valence electrons. The molecule has 3 aliphatic rings. The summed E-state index contributed by atoms with van der Waals surface area (Å²) in [7, 11) is 0. The highest BCUT2D eigenvalue weighted by atomic mass is 16.3. The van der Waals surface area contributed by atoms with Gasteiger partial charge in [0.05, 0.1) is 12.0 Å². The third-order valence-corrected chi connectivity index (χ3v) is 4.54. The Balaban J connectivity index is 1.63. The van der Waals surface area contributed by atoms with Crippen molar-refractivity contribution in [2.75, 3.05) is 26.2 Å². The van der Waals surface area contributed by atoms with Crippen LogP contribution in [-0.2, 0) is 4.79 Å². The quantitative estimate of drug-likeness (QED) is 0.650. The molecule has 4 nitrogen and oxygen atoms in total. The fourth-order valence-electron chi connectivity index (χ4n) is 3.54. The average molecular weight is 224 g/mol. The smallest absolute Gasteiger partial charge is 0.227 e. The van der Waals surface area contributed by atoms with Gasteiger partial charge in [-0.15, -0.1) is 0 Å². The monoisotopic (exact) mass is 224 g/mol. The Morgan fingerprint density at radius 3 is 2.81 bits per heavy atom. The maximum atomic E-state index is 12.2. The van der Waals surface area contributed by atoms with E-state index in [9.17, 15) is 9.90 Å². The van der Waals surface area contributed by atoms with Gasteiger partial charge in [0.1, 0.15) is 0 Å². The Kier molecular flexibility index (Phi) is 2.64. The molecule has 0 aromatic carbocycles. The molecule has 2 saturated heterocycles. The van der Waals surface area contributed by atoms with Crippen molar-refractivity contribution in [1.29, 1.82) is 0 Å². The highest BCUT2D eigenvalue weighted by Crippen LogP contribution is 2.38. The summed E-state index contributed by atoms with van der Waals surface area (Å²) in [5.74, 6) is 1.43. The van der Waals surface area contributed by atoms with E-state index in [1.54, 1.807) is 0 Å². The molecule has 1 aliphatic carbocycles. The van der Waals surface area contributed by atoms with Gasteiger partial charge in [0, 0.05) is 25.6 Å². The van der Waals surface area contributed by atoms with Crippen molar-refractivity contribution in [3.63, 3.8) is 0 Å². The highest BCUT2D eigenvalue weighted by molar-refractivity contribution is 5.79. The SMILES string of the molecule is O=C(C1CCNC1)N1CC2CCC(O)C2C1. The Morgan fingerprint density at radius 1 is 1.25 bits per heavy atom. The van der Waals surface area contributed by atoms with E-state index >= 15 is 0 Å². The molecule has 1 amide bonds. The normalized spacial score (nSPS) is 42.7. The Labute approximate surface area is 96.0 Å². The van der Waals surface area contributed by atoms with Crippen LogP contribution < -0.4 is 5.32 Å². The first-order chi connectivity index (χ1) is 7.75. The lowest BCUT2D eigenvalue weighted by atomic mass is 10.00. The summed E-state index contributed by atoms with van der Waals surface area (Å²) in [6.07, 6.45) is 2.85. The molecule has 16 heavy (non-hydrogen) atoms. The number of fused-ring (bicyclic) bond motifs is 1. The van der Waals surface area contributed by atoms with Crippen molar-refractivity contribution < 1.29 is 9.90 Å². The zero-order chi connectivity index (χ0) is 11.1. The van der Waals surface area contributed by atoms with Crippen LogP contribution in [0, 0.1) is 17.8 Å². The number of nitrogens with zero attached hydrogens (tertiary/aromatic N) is 1. The number of carbonyl (C=O) groups is 1. The number of likely N-dealkylation sites (tertiary alicyclic amines) is 1. The van der Waals surface area contributed by atoms with Crippen LogP contribution >= 0.6 is 0 Å². The summed E-state index contributed by atoms with van der Waals surface area (Å²) in [6, 6.07) is 0. The predicted octanol–water partition coefficient (Wildman–Crippen LogP) is -0.175. The predicted molar refractivity (Wildman–Crippen MR) is 59.8 cm³/mol. The molecule has 0 bridgehead atoms. The van der Waals surface area contributed by atoms with E-state index in [1.807, 2.05) is 4.90 Å². The van der Waals surface area contributed by atoms with Gasteiger partial charge >= 0.3 is 0 Å². The van der Waals surface area contributed by atoms with Gasteiger partial charge in [0.25, 0.3) is 0 Å². The summed E-state index contributed by atoms with van der Waals surface area (Å²) in [4.78, 5) is 14.2. The molecule has 0 radical (unpaired) electrons. The van der Waals surface area contributed by atoms with E-state index in [-0.39, 0.29) is 12.0 Å². The second-order valence-corrected chi connectivity index (χ2v) is 5.50. The lowest BCUT2D eigenvalue weighted by Gasteiger charge is -2.21. The van der Waals surface area contributed by atoms with Gasteiger partial charge < -0.3 is 15.3 Å². The van der Waals surface area contributed by atoms with Crippen LogP contribution in [0.4, 0.5) is 0 Å². The van der Waals surface area contributed by atoms with Crippen molar-refractivity contribution in [1.82, 2.24) is 10.2 Å². The van der Waals surface area contributed by atoms with Gasteiger partial charge in [-0.05, 0) is 31.7 Å². The molecule has 2 heterocycles. The van der Waals surface area contributed by atoms with Gasteiger partial charge in [-0.2, -0.15) is 0 Å². The fourth-order valence-corrected chi connectivity index (χ4v) is 3.54. The van der Waals surface area contributed by atoms with Crippen LogP contribution in [0.3, 0.4) is 0 Å². The van der Waals surface area contributed by atoms with E-state index < -0.39 is 0 Å². The molecule has 4 atom stereocenters. The van der Waals surface area contributed by atoms with Gasteiger partial charge in [0.2, 0.25) is 5.91 Å². The molecule has 0 aromatic rings. The number of amides is 1. The van der Waals surface area contributed by atoms with Crippen LogP contribution in [0.15, 0.2) is 0 Å². The van der Waals surface area contributed by atoms with Crippen molar-refractivity contribution in [2.24, 2.45) is 17.8 Å². The topological polar surface area (TPSA) is 52.6 Å². The third-order valence-electron chi connectivity index (χ3n) is 4.54. The number of hydrogen-bond donors (Lipinski definition) is 2. The third kappa shape index (κ3) is 1.64. The highest BCUT2D eigenvalue weighted by Gasteiger charge is 2.44. The molecule has 2 aliphatic heterocycles. The average Bonchev–Trinajstić information content (AvgIpc) is 2.96. The maximum absolute atomic E-state index is 12.2.